The molecule has 2 rings (SSSR count). The normalized spacial score (nSPS) is 10.1. The maximum atomic E-state index is 12.6. The van der Waals surface area contributed by atoms with E-state index >= 15 is 0 Å². The molecule has 1 aromatic carbocycles. The topological polar surface area (TPSA) is 78.0 Å². The lowest BCUT2D eigenvalue weighted by Gasteiger charge is -2.22. The van der Waals surface area contributed by atoms with E-state index in [0.717, 1.165) is 5.56 Å². The van der Waals surface area contributed by atoms with Crippen LogP contribution in [0.2, 0.25) is 0 Å². The second kappa shape index (κ2) is 10.0. The van der Waals surface area contributed by atoms with Crippen LogP contribution in [0.3, 0.4) is 0 Å². The summed E-state index contributed by atoms with van der Waals surface area (Å²) in [4.78, 5) is 29.6. The maximum absolute atomic E-state index is 12.6. The van der Waals surface area contributed by atoms with Gasteiger partial charge in [0.05, 0.1) is 20.6 Å². The van der Waals surface area contributed by atoms with Crippen molar-refractivity contribution < 1.29 is 23.8 Å². The fourth-order valence-corrected chi connectivity index (χ4v) is 2.30. The Balaban J connectivity index is 2.02. The first-order valence-electron chi connectivity index (χ1n) is 8.13. The van der Waals surface area contributed by atoms with E-state index in [9.17, 15) is 9.59 Å². The molecule has 1 heterocycles. The average Bonchev–Trinajstić information content (AvgIpc) is 2.69. The summed E-state index contributed by atoms with van der Waals surface area (Å²) in [6.07, 6.45) is 3.45. The number of para-hydroxylation sites is 2. The highest BCUT2D eigenvalue weighted by atomic mass is 16.5. The number of benzene rings is 1. The van der Waals surface area contributed by atoms with Crippen LogP contribution in [0, 0.1) is 0 Å². The molecule has 1 aromatic heterocycles. The molecule has 0 aliphatic rings. The standard InChI is InChI=1S/C19H22N2O5/c1-24-16-7-3-4-8-17(16)26-14-18(22)21(11-9-19(23)25-2)13-15-6-5-10-20-12-15/h3-8,10,12H,9,11,13-14H2,1-2H3. The minimum Gasteiger partial charge on any atom is -0.493 e. The van der Waals surface area contributed by atoms with Crippen LogP contribution in [-0.2, 0) is 20.9 Å². The van der Waals surface area contributed by atoms with Gasteiger partial charge in [-0.2, -0.15) is 0 Å². The van der Waals surface area contributed by atoms with E-state index in [1.165, 1.54) is 14.2 Å². The monoisotopic (exact) mass is 358 g/mol. The molecule has 0 saturated heterocycles. The zero-order valence-corrected chi connectivity index (χ0v) is 14.9. The van der Waals surface area contributed by atoms with Gasteiger partial charge >= 0.3 is 5.97 Å². The molecule has 0 atom stereocenters. The highest BCUT2D eigenvalue weighted by Crippen LogP contribution is 2.25. The van der Waals surface area contributed by atoms with Gasteiger partial charge < -0.3 is 19.1 Å². The molecule has 0 radical (unpaired) electrons. The zero-order chi connectivity index (χ0) is 18.8. The third kappa shape index (κ3) is 5.77. The Morgan fingerprint density at radius 3 is 2.50 bits per heavy atom. The second-order valence-corrected chi connectivity index (χ2v) is 5.44. The van der Waals surface area contributed by atoms with Crippen LogP contribution in [0.1, 0.15) is 12.0 Å². The first-order chi connectivity index (χ1) is 12.6. The molecular weight excluding hydrogens is 336 g/mol. The van der Waals surface area contributed by atoms with Crippen molar-refractivity contribution in [2.45, 2.75) is 13.0 Å². The van der Waals surface area contributed by atoms with Gasteiger partial charge in [0.2, 0.25) is 0 Å². The summed E-state index contributed by atoms with van der Waals surface area (Å²) in [5, 5.41) is 0. The van der Waals surface area contributed by atoms with Crippen molar-refractivity contribution in [2.24, 2.45) is 0 Å². The fourth-order valence-electron chi connectivity index (χ4n) is 2.30. The number of carbonyl (C=O) groups is 2. The molecule has 0 N–H and O–H groups in total. The molecule has 2 aromatic rings. The molecule has 0 unspecified atom stereocenters. The molecule has 0 bridgehead atoms. The smallest absolute Gasteiger partial charge is 0.307 e. The minimum atomic E-state index is -0.375. The van der Waals surface area contributed by atoms with E-state index in [4.69, 9.17) is 9.47 Å². The summed E-state index contributed by atoms with van der Waals surface area (Å²) in [6, 6.07) is 10.8. The summed E-state index contributed by atoms with van der Waals surface area (Å²) in [5.41, 5.74) is 0.864. The van der Waals surface area contributed by atoms with Crippen molar-refractivity contribution in [2.75, 3.05) is 27.4 Å². The number of rotatable bonds is 9. The van der Waals surface area contributed by atoms with E-state index in [0.29, 0.717) is 18.0 Å². The van der Waals surface area contributed by atoms with Crippen LogP contribution < -0.4 is 9.47 Å². The van der Waals surface area contributed by atoms with Crippen LogP contribution in [-0.4, -0.2) is 49.1 Å². The Morgan fingerprint density at radius 2 is 1.85 bits per heavy atom. The molecule has 0 fully saturated rings. The van der Waals surface area contributed by atoms with Gasteiger partial charge in [0.1, 0.15) is 0 Å². The van der Waals surface area contributed by atoms with Gasteiger partial charge in [-0.1, -0.05) is 18.2 Å². The van der Waals surface area contributed by atoms with Gasteiger partial charge in [-0.25, -0.2) is 0 Å². The van der Waals surface area contributed by atoms with Crippen molar-refractivity contribution in [3.63, 3.8) is 0 Å². The number of methoxy groups -OCH3 is 2. The van der Waals surface area contributed by atoms with Gasteiger partial charge in [0, 0.05) is 25.5 Å². The SMILES string of the molecule is COC(=O)CCN(Cc1cccnc1)C(=O)COc1ccccc1OC. The molecule has 26 heavy (non-hydrogen) atoms. The first-order valence-corrected chi connectivity index (χ1v) is 8.13. The maximum Gasteiger partial charge on any atom is 0.307 e. The van der Waals surface area contributed by atoms with Gasteiger partial charge in [0.15, 0.2) is 18.1 Å². The molecule has 0 spiro atoms. The van der Waals surface area contributed by atoms with Crippen LogP contribution in [0.4, 0.5) is 0 Å². The van der Waals surface area contributed by atoms with E-state index in [1.54, 1.807) is 41.6 Å². The quantitative estimate of drug-likeness (QED) is 0.639. The third-order valence-corrected chi connectivity index (χ3v) is 3.68. The predicted molar refractivity (Wildman–Crippen MR) is 94.8 cm³/mol. The van der Waals surface area contributed by atoms with Crippen molar-refractivity contribution in [1.29, 1.82) is 0 Å². The molecule has 7 nitrogen and oxygen atoms in total. The van der Waals surface area contributed by atoms with Crippen LogP contribution >= 0.6 is 0 Å². The molecule has 1 amide bonds. The Morgan fingerprint density at radius 1 is 1.08 bits per heavy atom. The summed E-state index contributed by atoms with van der Waals surface area (Å²) >= 11 is 0. The third-order valence-electron chi connectivity index (χ3n) is 3.68. The largest absolute Gasteiger partial charge is 0.493 e. The van der Waals surface area contributed by atoms with Gasteiger partial charge in [-0.15, -0.1) is 0 Å². The Bertz CT molecular complexity index is 721. The van der Waals surface area contributed by atoms with Crippen LogP contribution in [0.15, 0.2) is 48.8 Å². The summed E-state index contributed by atoms with van der Waals surface area (Å²) in [7, 11) is 2.86. The molecular formula is C19H22N2O5. The van der Waals surface area contributed by atoms with E-state index in [2.05, 4.69) is 9.72 Å². The van der Waals surface area contributed by atoms with Gasteiger partial charge in [0.25, 0.3) is 5.91 Å². The van der Waals surface area contributed by atoms with Gasteiger partial charge in [-0.3, -0.25) is 14.6 Å². The predicted octanol–water partition coefficient (Wildman–Crippen LogP) is 2.06. The number of amides is 1. The summed E-state index contributed by atoms with van der Waals surface area (Å²) in [5.74, 6) is 0.412. The minimum absolute atomic E-state index is 0.108. The lowest BCUT2D eigenvalue weighted by Crippen LogP contribution is -2.36. The number of pyridine rings is 1. The highest BCUT2D eigenvalue weighted by molar-refractivity contribution is 5.78. The number of ether oxygens (including phenoxy) is 3. The number of hydrogen-bond acceptors (Lipinski definition) is 6. The highest BCUT2D eigenvalue weighted by Gasteiger charge is 2.17. The average molecular weight is 358 g/mol. The molecule has 7 heteroatoms. The molecule has 0 aliphatic carbocycles. The van der Waals surface area contributed by atoms with Crippen molar-refractivity contribution >= 4 is 11.9 Å². The number of carbonyl (C=O) groups excluding carboxylic acids is 2. The zero-order valence-electron chi connectivity index (χ0n) is 14.9. The number of esters is 1. The molecule has 0 aliphatic heterocycles. The van der Waals surface area contributed by atoms with E-state index in [1.807, 2.05) is 12.1 Å². The fraction of sp³-hybridized carbons (Fsp3) is 0.316. The summed E-state index contributed by atoms with van der Waals surface area (Å²) < 4.78 is 15.5. The molecule has 138 valence electrons. The number of aromatic nitrogens is 1. The van der Waals surface area contributed by atoms with Crippen LogP contribution in [0.25, 0.3) is 0 Å². The molecule has 0 saturated carbocycles. The van der Waals surface area contributed by atoms with E-state index in [-0.39, 0.29) is 31.4 Å². The number of nitrogens with zero attached hydrogens (tertiary/aromatic N) is 2. The van der Waals surface area contributed by atoms with E-state index < -0.39 is 0 Å². The van der Waals surface area contributed by atoms with Crippen LogP contribution in [0.5, 0.6) is 11.5 Å². The number of hydrogen-bond donors (Lipinski definition) is 0. The summed E-state index contributed by atoms with van der Waals surface area (Å²) in [6.45, 7) is 0.399. The Labute approximate surface area is 152 Å². The lowest BCUT2D eigenvalue weighted by atomic mass is 10.2. The van der Waals surface area contributed by atoms with Gasteiger partial charge in [-0.05, 0) is 23.8 Å². The Hall–Kier alpha value is -3.09. The first kappa shape index (κ1) is 19.2. The lowest BCUT2D eigenvalue weighted by molar-refractivity contribution is -0.142. The van der Waals surface area contributed by atoms with Crippen molar-refractivity contribution in [3.8, 4) is 11.5 Å². The van der Waals surface area contributed by atoms with Crippen molar-refractivity contribution in [3.05, 3.63) is 54.4 Å². The van der Waals surface area contributed by atoms with Crippen molar-refractivity contribution in [1.82, 2.24) is 9.88 Å². The Kier molecular flexibility index (Phi) is 7.42. The second-order valence-electron chi connectivity index (χ2n) is 5.44.